The number of nitrogens with one attached hydrogen (secondary N) is 2. The third-order valence-electron chi connectivity index (χ3n) is 7.74. The number of carbonyl (C=O) groups is 4. The highest BCUT2D eigenvalue weighted by molar-refractivity contribution is 9.10. The summed E-state index contributed by atoms with van der Waals surface area (Å²) in [4.78, 5) is 57.4. The molecule has 8 nitrogen and oxygen atoms in total. The van der Waals surface area contributed by atoms with Crippen molar-refractivity contribution in [2.75, 3.05) is 21.7 Å². The number of para-hydroxylation sites is 1. The maximum absolute atomic E-state index is 14.2. The minimum absolute atomic E-state index is 0.225. The lowest BCUT2D eigenvalue weighted by Gasteiger charge is -2.30. The minimum atomic E-state index is -1.44. The number of imide groups is 1. The molecule has 2 N–H and O–H groups in total. The van der Waals surface area contributed by atoms with Gasteiger partial charge in [-0.15, -0.1) is 0 Å². The highest BCUT2D eigenvalue weighted by Gasteiger charge is 2.71. The number of amides is 4. The molecule has 0 radical (unpaired) electrons. The van der Waals surface area contributed by atoms with Gasteiger partial charge < -0.3 is 10.2 Å². The Balaban J connectivity index is 1.36. The van der Waals surface area contributed by atoms with Crippen LogP contribution in [0.1, 0.15) is 18.1 Å². The van der Waals surface area contributed by atoms with Crippen LogP contribution in [-0.4, -0.2) is 36.2 Å². The van der Waals surface area contributed by atoms with Gasteiger partial charge in [0.25, 0.3) is 5.91 Å². The third kappa shape index (κ3) is 3.53. The van der Waals surface area contributed by atoms with Gasteiger partial charge in [-0.2, -0.15) is 0 Å². The fraction of sp³-hybridized carbons (Fsp3) is 0.241. The molecule has 0 bridgehead atoms. The fourth-order valence-electron chi connectivity index (χ4n) is 6.09. The molecule has 2 saturated heterocycles. The molecule has 6 rings (SSSR count). The number of hydrogen-bond acceptors (Lipinski definition) is 5. The summed E-state index contributed by atoms with van der Waals surface area (Å²) in [5, 5.41) is 6.18. The summed E-state index contributed by atoms with van der Waals surface area (Å²) in [6.07, 6.45) is 0. The van der Waals surface area contributed by atoms with E-state index in [0.29, 0.717) is 22.6 Å². The topological polar surface area (TPSA) is 98.8 Å². The van der Waals surface area contributed by atoms with Crippen LogP contribution in [0.15, 0.2) is 77.3 Å². The Morgan fingerprint density at radius 2 is 1.66 bits per heavy atom. The van der Waals surface area contributed by atoms with Crippen molar-refractivity contribution in [3.05, 3.63) is 88.4 Å². The molecule has 0 aromatic heterocycles. The fourth-order valence-corrected chi connectivity index (χ4v) is 6.36. The van der Waals surface area contributed by atoms with Gasteiger partial charge in [0.05, 0.1) is 17.5 Å². The quantitative estimate of drug-likeness (QED) is 0.464. The molecule has 192 valence electrons. The number of aryl methyl sites for hydroxylation is 1. The van der Waals surface area contributed by atoms with Crippen LogP contribution in [0.4, 0.5) is 17.1 Å². The molecule has 3 aromatic rings. The van der Waals surface area contributed by atoms with Gasteiger partial charge in [0.2, 0.25) is 17.7 Å². The summed E-state index contributed by atoms with van der Waals surface area (Å²) >= 11 is 3.39. The van der Waals surface area contributed by atoms with Gasteiger partial charge in [-0.05, 0) is 56.3 Å². The van der Waals surface area contributed by atoms with Crippen molar-refractivity contribution >= 4 is 56.6 Å². The number of nitrogens with zero attached hydrogens (tertiary/aromatic N) is 2. The first kappa shape index (κ1) is 24.5. The smallest absolute Gasteiger partial charge is 0.253 e. The van der Waals surface area contributed by atoms with Crippen molar-refractivity contribution in [1.29, 1.82) is 0 Å². The second-order valence-corrected chi connectivity index (χ2v) is 11.0. The lowest BCUT2D eigenvalue weighted by molar-refractivity contribution is -0.132. The summed E-state index contributed by atoms with van der Waals surface area (Å²) in [5.74, 6) is -3.18. The number of carbonyl (C=O) groups excluding carboxylic acids is 4. The van der Waals surface area contributed by atoms with E-state index in [4.69, 9.17) is 0 Å². The monoisotopic (exact) mass is 572 g/mol. The Kier molecular flexibility index (Phi) is 5.73. The first-order valence-electron chi connectivity index (χ1n) is 12.4. The molecule has 2 fully saturated rings. The highest BCUT2D eigenvalue weighted by atomic mass is 79.9. The van der Waals surface area contributed by atoms with E-state index >= 15 is 0 Å². The lowest BCUT2D eigenvalue weighted by Crippen LogP contribution is -2.55. The third-order valence-corrected chi connectivity index (χ3v) is 8.26. The van der Waals surface area contributed by atoms with Gasteiger partial charge in [-0.1, -0.05) is 51.8 Å². The molecule has 0 saturated carbocycles. The highest BCUT2D eigenvalue weighted by Crippen LogP contribution is 2.55. The number of benzene rings is 3. The van der Waals surface area contributed by atoms with Gasteiger partial charge in [-0.25, -0.2) is 4.90 Å². The normalized spacial score (nSPS) is 25.8. The van der Waals surface area contributed by atoms with Crippen LogP contribution in [0.25, 0.3) is 0 Å². The van der Waals surface area contributed by atoms with Crippen molar-refractivity contribution < 1.29 is 19.2 Å². The van der Waals surface area contributed by atoms with Crippen LogP contribution < -0.4 is 20.4 Å². The van der Waals surface area contributed by atoms with Crippen LogP contribution in [0, 0.1) is 18.8 Å². The van der Waals surface area contributed by atoms with E-state index in [1.165, 1.54) is 9.80 Å². The Bertz CT molecular complexity index is 1490. The van der Waals surface area contributed by atoms with Crippen molar-refractivity contribution in [3.8, 4) is 0 Å². The second kappa shape index (κ2) is 8.89. The van der Waals surface area contributed by atoms with E-state index in [1.807, 2.05) is 26.0 Å². The van der Waals surface area contributed by atoms with Gasteiger partial charge in [0, 0.05) is 27.5 Å². The van der Waals surface area contributed by atoms with E-state index < -0.39 is 35.2 Å². The van der Waals surface area contributed by atoms with Crippen LogP contribution in [-0.2, 0) is 24.7 Å². The van der Waals surface area contributed by atoms with E-state index in [2.05, 4.69) is 26.6 Å². The zero-order chi connectivity index (χ0) is 26.8. The van der Waals surface area contributed by atoms with Gasteiger partial charge in [-0.3, -0.25) is 24.5 Å². The maximum atomic E-state index is 14.2. The molecule has 38 heavy (non-hydrogen) atoms. The molecule has 3 aliphatic heterocycles. The van der Waals surface area contributed by atoms with Crippen molar-refractivity contribution in [1.82, 2.24) is 5.32 Å². The number of anilines is 3. The van der Waals surface area contributed by atoms with Crippen LogP contribution in [0.2, 0.25) is 0 Å². The zero-order valence-corrected chi connectivity index (χ0v) is 22.4. The second-order valence-electron chi connectivity index (χ2n) is 10.1. The Morgan fingerprint density at radius 1 is 0.974 bits per heavy atom. The summed E-state index contributed by atoms with van der Waals surface area (Å²) in [7, 11) is 0. The molecule has 4 atom stereocenters. The molecular weight excluding hydrogens is 548 g/mol. The van der Waals surface area contributed by atoms with E-state index in [0.717, 1.165) is 10.0 Å². The number of fused-ring (bicyclic) bond motifs is 4. The molecule has 0 aliphatic carbocycles. The first-order valence-corrected chi connectivity index (χ1v) is 13.2. The summed E-state index contributed by atoms with van der Waals surface area (Å²) in [6, 6.07) is 21.1. The summed E-state index contributed by atoms with van der Waals surface area (Å²) < 4.78 is 0.825. The maximum Gasteiger partial charge on any atom is 0.253 e. The molecule has 4 amide bonds. The lowest BCUT2D eigenvalue weighted by atomic mass is 9.76. The van der Waals surface area contributed by atoms with Crippen molar-refractivity contribution in [2.24, 2.45) is 11.8 Å². The molecule has 3 aliphatic rings. The molecule has 1 spiro atoms. The van der Waals surface area contributed by atoms with E-state index in [1.54, 1.807) is 60.7 Å². The Hall–Kier alpha value is -3.82. The number of rotatable bonds is 4. The van der Waals surface area contributed by atoms with E-state index in [-0.39, 0.29) is 18.4 Å². The standard InChI is InChI=1S/C29H25BrN4O4/c1-16-7-11-19(12-8-16)31-23(35)15-33-22-6-4-3-5-21(22)29(28(33)38)25-24(17(2)32-29)26(36)34(27(25)37)20-13-9-18(30)10-14-20/h3-14,17,24-25,32H,15H2,1-2H3,(H,31,35)/t17-,24+,25+,29-/m0/s1. The van der Waals surface area contributed by atoms with Gasteiger partial charge in [0.15, 0.2) is 0 Å². The van der Waals surface area contributed by atoms with Crippen LogP contribution >= 0.6 is 15.9 Å². The predicted molar refractivity (Wildman–Crippen MR) is 146 cm³/mol. The van der Waals surface area contributed by atoms with Crippen LogP contribution in [0.3, 0.4) is 0 Å². The number of hydrogen-bond donors (Lipinski definition) is 2. The van der Waals surface area contributed by atoms with E-state index in [9.17, 15) is 19.2 Å². The SMILES string of the molecule is Cc1ccc(NC(=O)CN2C(=O)[C@]3(N[C@@H](C)[C@H]4C(=O)N(c5ccc(Br)cc5)C(=O)[C@@H]43)c3ccccc32)cc1. The largest absolute Gasteiger partial charge is 0.325 e. The zero-order valence-electron chi connectivity index (χ0n) is 20.8. The average Bonchev–Trinajstić information content (AvgIpc) is 3.44. The first-order chi connectivity index (χ1) is 18.2. The van der Waals surface area contributed by atoms with Crippen molar-refractivity contribution in [3.63, 3.8) is 0 Å². The summed E-state index contributed by atoms with van der Waals surface area (Å²) in [6.45, 7) is 3.56. The molecule has 0 unspecified atom stereocenters. The number of halogens is 1. The molecule has 3 heterocycles. The van der Waals surface area contributed by atoms with Crippen LogP contribution in [0.5, 0.6) is 0 Å². The summed E-state index contributed by atoms with van der Waals surface area (Å²) in [5.41, 5.74) is 1.88. The average molecular weight is 573 g/mol. The molecular formula is C29H25BrN4O4. The Labute approximate surface area is 228 Å². The van der Waals surface area contributed by atoms with Gasteiger partial charge in [0.1, 0.15) is 12.1 Å². The molecule has 9 heteroatoms. The predicted octanol–water partition coefficient (Wildman–Crippen LogP) is 3.74. The molecule has 3 aromatic carbocycles. The van der Waals surface area contributed by atoms with Gasteiger partial charge >= 0.3 is 0 Å². The Morgan fingerprint density at radius 3 is 2.37 bits per heavy atom. The minimum Gasteiger partial charge on any atom is -0.325 e. The van der Waals surface area contributed by atoms with Crippen molar-refractivity contribution in [2.45, 2.75) is 25.4 Å².